The standard InChI is InChI=1S/C28H30O5/c1-6-30-21-12-8-10-17-14-19-23(29)20-15-18-11-9-13-22(31-7-2)25(18)33-27(20)28(5,16(3)4)26(19)32-24(17)21/h8-16,26-27H,6-7H2,1-5H3/t26-,27-/m1/s1. The van der Waals surface area contributed by atoms with Crippen LogP contribution in [0.3, 0.4) is 0 Å². The first kappa shape index (κ1) is 21.6. The monoisotopic (exact) mass is 446 g/mol. The van der Waals surface area contributed by atoms with E-state index < -0.39 is 17.6 Å². The van der Waals surface area contributed by atoms with E-state index in [9.17, 15) is 4.79 Å². The summed E-state index contributed by atoms with van der Waals surface area (Å²) in [5.74, 6) is 2.90. The van der Waals surface area contributed by atoms with Crippen molar-refractivity contribution in [2.45, 2.75) is 46.8 Å². The van der Waals surface area contributed by atoms with Crippen LogP contribution >= 0.6 is 0 Å². The lowest BCUT2D eigenvalue weighted by atomic mass is 9.59. The van der Waals surface area contributed by atoms with Gasteiger partial charge in [-0.2, -0.15) is 0 Å². The van der Waals surface area contributed by atoms with Crippen LogP contribution in [0.1, 0.15) is 45.7 Å². The number of carbonyl (C=O) groups is 1. The average molecular weight is 447 g/mol. The summed E-state index contributed by atoms with van der Waals surface area (Å²) in [6.45, 7) is 11.5. The molecular formula is C28H30O5. The Morgan fingerprint density at radius 3 is 1.70 bits per heavy atom. The fourth-order valence-electron chi connectivity index (χ4n) is 5.14. The fourth-order valence-corrected chi connectivity index (χ4v) is 5.14. The summed E-state index contributed by atoms with van der Waals surface area (Å²) in [6, 6.07) is 11.6. The lowest BCUT2D eigenvalue weighted by Gasteiger charge is -2.52. The van der Waals surface area contributed by atoms with Crippen LogP contribution in [0.2, 0.25) is 0 Å². The van der Waals surface area contributed by atoms with Gasteiger partial charge in [0, 0.05) is 22.3 Å². The predicted octanol–water partition coefficient (Wildman–Crippen LogP) is 5.72. The first-order chi connectivity index (χ1) is 15.9. The van der Waals surface area contributed by atoms with Crippen LogP contribution in [-0.4, -0.2) is 31.2 Å². The Balaban J connectivity index is 1.69. The molecule has 5 heteroatoms. The molecule has 172 valence electrons. The molecule has 33 heavy (non-hydrogen) atoms. The van der Waals surface area contributed by atoms with Crippen molar-refractivity contribution in [2.24, 2.45) is 11.3 Å². The summed E-state index contributed by atoms with van der Waals surface area (Å²) in [6.07, 6.45) is 3.03. The minimum atomic E-state index is -0.500. The maximum absolute atomic E-state index is 13.8. The molecule has 0 radical (unpaired) electrons. The zero-order chi connectivity index (χ0) is 23.3. The third-order valence-electron chi connectivity index (χ3n) is 7.18. The maximum Gasteiger partial charge on any atom is 0.192 e. The highest BCUT2D eigenvalue weighted by Crippen LogP contribution is 2.55. The number of ketones is 1. The van der Waals surface area contributed by atoms with Gasteiger partial charge in [-0.1, -0.05) is 45.0 Å². The van der Waals surface area contributed by atoms with Gasteiger partial charge >= 0.3 is 0 Å². The third kappa shape index (κ3) is 3.17. The number of rotatable bonds is 5. The Morgan fingerprint density at radius 2 is 1.30 bits per heavy atom. The van der Waals surface area contributed by atoms with Crippen LogP contribution in [0.4, 0.5) is 0 Å². The van der Waals surface area contributed by atoms with Gasteiger partial charge in [-0.05, 0) is 44.1 Å². The van der Waals surface area contributed by atoms with E-state index in [0.717, 1.165) is 11.1 Å². The Hall–Kier alpha value is -3.21. The number of ether oxygens (including phenoxy) is 4. The SMILES string of the molecule is CCOc1cccc2c1O[C@@H]1C(=C2)C(=O)C2=Cc3cccc(OCC)c3O[C@H]2C1(C)C(C)C. The Bertz CT molecular complexity index is 1090. The quantitative estimate of drug-likeness (QED) is 0.588. The molecule has 2 aliphatic heterocycles. The third-order valence-corrected chi connectivity index (χ3v) is 7.18. The molecule has 0 amide bonds. The van der Waals surface area contributed by atoms with E-state index in [1.54, 1.807) is 0 Å². The van der Waals surface area contributed by atoms with E-state index >= 15 is 0 Å². The Morgan fingerprint density at radius 1 is 0.848 bits per heavy atom. The summed E-state index contributed by atoms with van der Waals surface area (Å²) < 4.78 is 24.9. The van der Waals surface area contributed by atoms with E-state index in [1.165, 1.54) is 0 Å². The normalized spacial score (nSPS) is 21.9. The summed E-state index contributed by atoms with van der Waals surface area (Å²) in [5, 5.41) is 0. The van der Waals surface area contributed by atoms with Gasteiger partial charge in [0.05, 0.1) is 18.6 Å². The molecule has 2 aromatic rings. The number of benzene rings is 2. The molecule has 0 N–H and O–H groups in total. The van der Waals surface area contributed by atoms with Crippen LogP contribution in [0, 0.1) is 11.3 Å². The second-order valence-electron chi connectivity index (χ2n) is 9.26. The van der Waals surface area contributed by atoms with Gasteiger partial charge in [0.15, 0.2) is 28.8 Å². The van der Waals surface area contributed by atoms with Crippen molar-refractivity contribution in [3.8, 4) is 23.0 Å². The number of hydrogen-bond acceptors (Lipinski definition) is 5. The van der Waals surface area contributed by atoms with Gasteiger partial charge in [-0.3, -0.25) is 4.79 Å². The molecule has 0 saturated heterocycles. The summed E-state index contributed by atoms with van der Waals surface area (Å²) >= 11 is 0. The van der Waals surface area contributed by atoms with Gasteiger partial charge < -0.3 is 18.9 Å². The zero-order valence-electron chi connectivity index (χ0n) is 19.8. The van der Waals surface area contributed by atoms with E-state index in [4.69, 9.17) is 18.9 Å². The number of para-hydroxylation sites is 2. The first-order valence-electron chi connectivity index (χ1n) is 11.7. The minimum absolute atomic E-state index is 0.0250. The highest BCUT2D eigenvalue weighted by atomic mass is 16.5. The predicted molar refractivity (Wildman–Crippen MR) is 128 cm³/mol. The van der Waals surface area contributed by atoms with Crippen molar-refractivity contribution in [3.05, 3.63) is 58.7 Å². The second kappa shape index (κ2) is 7.98. The van der Waals surface area contributed by atoms with E-state index in [1.807, 2.05) is 62.4 Å². The Kier molecular flexibility index (Phi) is 5.23. The van der Waals surface area contributed by atoms with Crippen LogP contribution in [-0.2, 0) is 4.79 Å². The van der Waals surface area contributed by atoms with Crippen molar-refractivity contribution < 1.29 is 23.7 Å². The van der Waals surface area contributed by atoms with Crippen molar-refractivity contribution in [3.63, 3.8) is 0 Å². The first-order valence-corrected chi connectivity index (χ1v) is 11.7. The van der Waals surface area contributed by atoms with Gasteiger partial charge in [0.25, 0.3) is 0 Å². The van der Waals surface area contributed by atoms with Crippen molar-refractivity contribution in [2.75, 3.05) is 13.2 Å². The molecule has 2 heterocycles. The molecule has 5 nitrogen and oxygen atoms in total. The molecular weight excluding hydrogens is 416 g/mol. The smallest absolute Gasteiger partial charge is 0.192 e. The Labute approximate surface area is 195 Å². The molecule has 5 rings (SSSR count). The van der Waals surface area contributed by atoms with Crippen molar-refractivity contribution >= 4 is 17.9 Å². The number of carbonyl (C=O) groups excluding carboxylic acids is 1. The van der Waals surface area contributed by atoms with Gasteiger partial charge in [0.1, 0.15) is 12.2 Å². The fraction of sp³-hybridized carbons (Fsp3) is 0.393. The zero-order valence-corrected chi connectivity index (χ0v) is 19.8. The summed E-state index contributed by atoms with van der Waals surface area (Å²) in [5.41, 5.74) is 2.56. The van der Waals surface area contributed by atoms with Crippen LogP contribution in [0.25, 0.3) is 12.2 Å². The molecule has 0 bridgehead atoms. The number of hydrogen-bond donors (Lipinski definition) is 0. The minimum Gasteiger partial charge on any atom is -0.490 e. The molecule has 2 atom stereocenters. The molecule has 1 saturated carbocycles. The van der Waals surface area contributed by atoms with Crippen molar-refractivity contribution in [1.29, 1.82) is 0 Å². The summed E-state index contributed by atoms with van der Waals surface area (Å²) in [4.78, 5) is 13.8. The molecule has 0 spiro atoms. The van der Waals surface area contributed by atoms with Crippen LogP contribution in [0.15, 0.2) is 47.5 Å². The van der Waals surface area contributed by atoms with E-state index in [2.05, 4.69) is 20.8 Å². The molecule has 0 aromatic heterocycles. The van der Waals surface area contributed by atoms with E-state index in [-0.39, 0.29) is 11.7 Å². The average Bonchev–Trinajstić information content (AvgIpc) is 2.81. The van der Waals surface area contributed by atoms with Gasteiger partial charge in [0.2, 0.25) is 0 Å². The molecule has 1 fully saturated rings. The molecule has 2 aromatic carbocycles. The van der Waals surface area contributed by atoms with Crippen LogP contribution in [0.5, 0.6) is 23.0 Å². The van der Waals surface area contributed by atoms with Crippen molar-refractivity contribution in [1.82, 2.24) is 0 Å². The lowest BCUT2D eigenvalue weighted by Crippen LogP contribution is -2.60. The van der Waals surface area contributed by atoms with Crippen LogP contribution < -0.4 is 18.9 Å². The second-order valence-corrected chi connectivity index (χ2v) is 9.26. The molecule has 3 aliphatic rings. The van der Waals surface area contributed by atoms with Gasteiger partial charge in [-0.15, -0.1) is 0 Å². The highest BCUT2D eigenvalue weighted by Gasteiger charge is 2.58. The molecule has 1 aliphatic carbocycles. The maximum atomic E-state index is 13.8. The van der Waals surface area contributed by atoms with Gasteiger partial charge in [-0.25, -0.2) is 0 Å². The number of fused-ring (bicyclic) bond motifs is 4. The largest absolute Gasteiger partial charge is 0.490 e. The topological polar surface area (TPSA) is 54.0 Å². The lowest BCUT2D eigenvalue weighted by molar-refractivity contribution is -0.122. The number of Topliss-reactive ketones (excluding diaryl/α,β-unsaturated/α-hetero) is 1. The molecule has 0 unspecified atom stereocenters. The van der Waals surface area contributed by atoms with E-state index in [0.29, 0.717) is 47.4 Å². The summed E-state index contributed by atoms with van der Waals surface area (Å²) in [7, 11) is 0. The highest BCUT2D eigenvalue weighted by molar-refractivity contribution is 6.17.